The largest absolute Gasteiger partial charge is 0.463 e. The predicted octanol–water partition coefficient (Wildman–Crippen LogP) is 2.87. The minimum atomic E-state index is 0.337. The molecule has 3 nitrogen and oxygen atoms in total. The maximum Gasteiger partial charge on any atom is 0.153 e. The van der Waals surface area contributed by atoms with Crippen LogP contribution in [0.5, 0.6) is 0 Å². The van der Waals surface area contributed by atoms with Gasteiger partial charge in [-0.3, -0.25) is 4.98 Å². The van der Waals surface area contributed by atoms with Gasteiger partial charge in [0.1, 0.15) is 17.3 Å². The Bertz CT molecular complexity index is 485. The highest BCUT2D eigenvalue weighted by atomic mass is 35.5. The molecule has 0 unspecified atom stereocenters. The van der Waals surface area contributed by atoms with Gasteiger partial charge in [-0.05, 0) is 18.2 Å². The first-order valence-electron chi connectivity index (χ1n) is 3.91. The summed E-state index contributed by atoms with van der Waals surface area (Å²) in [4.78, 5) is 4.05. The lowest BCUT2D eigenvalue weighted by atomic mass is 10.2. The maximum atomic E-state index is 8.88. The van der Waals surface area contributed by atoms with Crippen LogP contribution in [-0.2, 0) is 0 Å². The highest BCUT2D eigenvalue weighted by molar-refractivity contribution is 6.32. The molecule has 0 radical (unpaired) electrons. The van der Waals surface area contributed by atoms with Crippen molar-refractivity contribution in [3.8, 4) is 17.5 Å². The monoisotopic (exact) mass is 204 g/mol. The highest BCUT2D eigenvalue weighted by Gasteiger charge is 2.11. The van der Waals surface area contributed by atoms with Crippen molar-refractivity contribution >= 4 is 11.6 Å². The zero-order chi connectivity index (χ0) is 9.97. The van der Waals surface area contributed by atoms with E-state index in [2.05, 4.69) is 4.98 Å². The molecule has 0 aliphatic heterocycles. The second-order valence-corrected chi connectivity index (χ2v) is 3.01. The molecule has 0 bridgehead atoms. The third kappa shape index (κ3) is 1.36. The smallest absolute Gasteiger partial charge is 0.153 e. The Labute approximate surface area is 85.6 Å². The lowest BCUT2D eigenvalue weighted by molar-refractivity contribution is 0.580. The molecule has 68 valence electrons. The first kappa shape index (κ1) is 8.79. The van der Waals surface area contributed by atoms with Crippen LogP contribution in [0.2, 0.25) is 5.02 Å². The van der Waals surface area contributed by atoms with Crippen LogP contribution < -0.4 is 0 Å². The Hall–Kier alpha value is -1.79. The van der Waals surface area contributed by atoms with Crippen molar-refractivity contribution in [2.75, 3.05) is 0 Å². The van der Waals surface area contributed by atoms with Gasteiger partial charge in [0.25, 0.3) is 0 Å². The van der Waals surface area contributed by atoms with Crippen LogP contribution in [0.25, 0.3) is 11.5 Å². The van der Waals surface area contributed by atoms with Gasteiger partial charge in [-0.15, -0.1) is 0 Å². The molecule has 0 spiro atoms. The number of aromatic nitrogens is 1. The van der Waals surface area contributed by atoms with Gasteiger partial charge in [-0.2, -0.15) is 5.26 Å². The summed E-state index contributed by atoms with van der Waals surface area (Å²) in [6.45, 7) is 0. The summed E-state index contributed by atoms with van der Waals surface area (Å²) in [5.74, 6) is 0.545. The molecule has 0 N–H and O–H groups in total. The fraction of sp³-hybridized carbons (Fsp3) is 0. The van der Waals surface area contributed by atoms with Crippen molar-refractivity contribution in [3.05, 3.63) is 41.2 Å². The molecule has 0 aliphatic rings. The number of rotatable bonds is 1. The van der Waals surface area contributed by atoms with E-state index in [1.165, 1.54) is 6.26 Å². The molecule has 2 heterocycles. The molecule has 0 amide bonds. The summed E-state index contributed by atoms with van der Waals surface area (Å²) in [6, 6.07) is 7.04. The SMILES string of the molecule is N#Cc1c(Cl)ccnc1-c1ccco1. The number of hydrogen-bond acceptors (Lipinski definition) is 3. The Morgan fingerprint density at radius 3 is 2.93 bits per heavy atom. The van der Waals surface area contributed by atoms with E-state index in [0.717, 1.165) is 0 Å². The summed E-state index contributed by atoms with van der Waals surface area (Å²) < 4.78 is 5.14. The average Bonchev–Trinajstić information content (AvgIpc) is 2.70. The molecule has 0 aromatic carbocycles. The molecule has 0 atom stereocenters. The molecular formula is C10H5ClN2O. The first-order valence-corrected chi connectivity index (χ1v) is 4.29. The van der Waals surface area contributed by atoms with Crippen LogP contribution in [0, 0.1) is 11.3 Å². The van der Waals surface area contributed by atoms with Crippen molar-refractivity contribution in [2.45, 2.75) is 0 Å². The average molecular weight is 205 g/mol. The van der Waals surface area contributed by atoms with Crippen LogP contribution in [0.3, 0.4) is 0 Å². The van der Waals surface area contributed by atoms with Gasteiger partial charge in [-0.1, -0.05) is 11.6 Å². The first-order chi connectivity index (χ1) is 6.83. The topological polar surface area (TPSA) is 49.8 Å². The van der Waals surface area contributed by atoms with Gasteiger partial charge in [0.2, 0.25) is 0 Å². The molecule has 0 aliphatic carbocycles. The van der Waals surface area contributed by atoms with E-state index in [1.807, 2.05) is 6.07 Å². The predicted molar refractivity (Wildman–Crippen MR) is 51.7 cm³/mol. The molecular weight excluding hydrogens is 200 g/mol. The number of pyridine rings is 1. The third-order valence-electron chi connectivity index (χ3n) is 1.77. The zero-order valence-corrected chi connectivity index (χ0v) is 7.82. The van der Waals surface area contributed by atoms with Gasteiger partial charge >= 0.3 is 0 Å². The van der Waals surface area contributed by atoms with E-state index in [0.29, 0.717) is 22.0 Å². The lowest BCUT2D eigenvalue weighted by Crippen LogP contribution is -1.87. The second kappa shape index (κ2) is 3.52. The molecule has 2 rings (SSSR count). The van der Waals surface area contributed by atoms with Crippen molar-refractivity contribution in [2.24, 2.45) is 0 Å². The summed E-state index contributed by atoms with van der Waals surface area (Å²) in [7, 11) is 0. The molecule has 0 fully saturated rings. The quantitative estimate of drug-likeness (QED) is 0.718. The van der Waals surface area contributed by atoms with E-state index in [-0.39, 0.29) is 0 Å². The van der Waals surface area contributed by atoms with Crippen LogP contribution >= 0.6 is 11.6 Å². The van der Waals surface area contributed by atoms with Crippen molar-refractivity contribution < 1.29 is 4.42 Å². The minimum absolute atomic E-state index is 0.337. The molecule has 2 aromatic rings. The van der Waals surface area contributed by atoms with Crippen molar-refractivity contribution in [3.63, 3.8) is 0 Å². The van der Waals surface area contributed by atoms with Gasteiger partial charge in [0.15, 0.2) is 5.76 Å². The highest BCUT2D eigenvalue weighted by Crippen LogP contribution is 2.26. The molecule has 4 heteroatoms. The molecule has 2 aromatic heterocycles. The summed E-state index contributed by atoms with van der Waals surface area (Å²) >= 11 is 5.84. The number of furan rings is 1. The van der Waals surface area contributed by atoms with Crippen LogP contribution in [0.1, 0.15) is 5.56 Å². The van der Waals surface area contributed by atoms with Crippen LogP contribution in [0.4, 0.5) is 0 Å². The maximum absolute atomic E-state index is 8.88. The minimum Gasteiger partial charge on any atom is -0.463 e. The molecule has 0 saturated carbocycles. The van der Waals surface area contributed by atoms with E-state index >= 15 is 0 Å². The van der Waals surface area contributed by atoms with Gasteiger partial charge in [0.05, 0.1) is 11.3 Å². The number of nitrogens with zero attached hydrogens (tertiary/aromatic N) is 2. The normalized spacial score (nSPS) is 9.71. The Morgan fingerprint density at radius 1 is 1.43 bits per heavy atom. The summed E-state index contributed by atoms with van der Waals surface area (Å²) in [5.41, 5.74) is 0.814. The van der Waals surface area contributed by atoms with Gasteiger partial charge in [0, 0.05) is 6.20 Å². The van der Waals surface area contributed by atoms with E-state index < -0.39 is 0 Å². The van der Waals surface area contributed by atoms with Crippen LogP contribution in [-0.4, -0.2) is 4.98 Å². The fourth-order valence-corrected chi connectivity index (χ4v) is 1.33. The standard InChI is InChI=1S/C10H5ClN2O/c11-8-3-4-13-10(7(8)6-12)9-2-1-5-14-9/h1-5H. The Balaban J connectivity index is 2.66. The number of hydrogen-bond donors (Lipinski definition) is 0. The molecule has 14 heavy (non-hydrogen) atoms. The Morgan fingerprint density at radius 2 is 2.29 bits per heavy atom. The number of nitriles is 1. The second-order valence-electron chi connectivity index (χ2n) is 2.61. The lowest BCUT2D eigenvalue weighted by Gasteiger charge is -1.99. The van der Waals surface area contributed by atoms with Gasteiger partial charge < -0.3 is 4.42 Å². The van der Waals surface area contributed by atoms with E-state index in [1.54, 1.807) is 24.4 Å². The fourth-order valence-electron chi connectivity index (χ4n) is 1.14. The number of halogens is 1. The zero-order valence-electron chi connectivity index (χ0n) is 7.07. The summed E-state index contributed by atoms with van der Waals surface area (Å²) in [5, 5.41) is 9.27. The van der Waals surface area contributed by atoms with Crippen molar-refractivity contribution in [1.29, 1.82) is 5.26 Å². The van der Waals surface area contributed by atoms with E-state index in [4.69, 9.17) is 21.3 Å². The summed E-state index contributed by atoms with van der Waals surface area (Å²) in [6.07, 6.45) is 3.07. The van der Waals surface area contributed by atoms with Gasteiger partial charge in [-0.25, -0.2) is 0 Å². The molecule has 0 saturated heterocycles. The third-order valence-corrected chi connectivity index (χ3v) is 2.08. The van der Waals surface area contributed by atoms with Crippen LogP contribution in [0.15, 0.2) is 35.1 Å². The Kier molecular flexibility index (Phi) is 2.21. The van der Waals surface area contributed by atoms with E-state index in [9.17, 15) is 0 Å². The van der Waals surface area contributed by atoms with Crippen molar-refractivity contribution in [1.82, 2.24) is 4.98 Å².